The first-order chi connectivity index (χ1) is 8.19. The van der Waals surface area contributed by atoms with Gasteiger partial charge in [-0.05, 0) is 25.7 Å². The van der Waals surface area contributed by atoms with Gasteiger partial charge in [0.2, 0.25) is 5.91 Å². The smallest absolute Gasteiger partial charge is 0.243 e. The summed E-state index contributed by atoms with van der Waals surface area (Å²) in [7, 11) is 1.89. The highest BCUT2D eigenvalue weighted by Crippen LogP contribution is 2.38. The van der Waals surface area contributed by atoms with Crippen molar-refractivity contribution in [3.8, 4) is 6.07 Å². The van der Waals surface area contributed by atoms with Crippen molar-refractivity contribution in [1.29, 1.82) is 5.26 Å². The first-order valence-electron chi connectivity index (χ1n) is 6.88. The molecule has 0 aromatic rings. The molecule has 0 aromatic carbocycles. The summed E-state index contributed by atoms with van der Waals surface area (Å²) in [6.45, 7) is 0. The fourth-order valence-electron chi connectivity index (χ4n) is 3.32. The summed E-state index contributed by atoms with van der Waals surface area (Å²) < 4.78 is 0. The normalized spacial score (nSPS) is 24.2. The molecule has 0 spiro atoms. The minimum absolute atomic E-state index is 0.0894. The van der Waals surface area contributed by atoms with E-state index in [-0.39, 0.29) is 5.91 Å². The molecule has 17 heavy (non-hydrogen) atoms. The lowest BCUT2D eigenvalue weighted by molar-refractivity contribution is -0.141. The summed E-state index contributed by atoms with van der Waals surface area (Å²) in [4.78, 5) is 14.4. The lowest BCUT2D eigenvalue weighted by atomic mass is 9.74. The van der Waals surface area contributed by atoms with Crippen LogP contribution in [0.2, 0.25) is 0 Å². The summed E-state index contributed by atoms with van der Waals surface area (Å²) in [5.74, 6) is 0.0894. The van der Waals surface area contributed by atoms with E-state index in [0.29, 0.717) is 6.04 Å². The largest absolute Gasteiger partial charge is 0.341 e. The highest BCUT2D eigenvalue weighted by Gasteiger charge is 2.43. The van der Waals surface area contributed by atoms with Gasteiger partial charge >= 0.3 is 0 Å². The van der Waals surface area contributed by atoms with Crippen LogP contribution in [0.5, 0.6) is 0 Å². The van der Waals surface area contributed by atoms with Crippen LogP contribution in [0.4, 0.5) is 0 Å². The zero-order chi connectivity index (χ0) is 12.3. The summed E-state index contributed by atoms with van der Waals surface area (Å²) in [5.41, 5.74) is -0.699. The first-order valence-corrected chi connectivity index (χ1v) is 6.88. The van der Waals surface area contributed by atoms with Crippen LogP contribution in [0.15, 0.2) is 0 Å². The van der Waals surface area contributed by atoms with Crippen molar-refractivity contribution in [2.24, 2.45) is 5.41 Å². The van der Waals surface area contributed by atoms with Crippen LogP contribution in [-0.2, 0) is 4.79 Å². The summed E-state index contributed by atoms with van der Waals surface area (Å²) in [5, 5.41) is 9.41. The van der Waals surface area contributed by atoms with E-state index in [1.807, 2.05) is 11.9 Å². The molecule has 0 aromatic heterocycles. The second kappa shape index (κ2) is 5.08. The number of rotatable bonds is 2. The highest BCUT2D eigenvalue weighted by atomic mass is 16.2. The van der Waals surface area contributed by atoms with Crippen LogP contribution in [0.1, 0.15) is 57.8 Å². The third kappa shape index (κ3) is 2.31. The molecule has 0 aliphatic heterocycles. The molecule has 94 valence electrons. The lowest BCUT2D eigenvalue weighted by Crippen LogP contribution is -2.46. The predicted octanol–water partition coefficient (Wildman–Crippen LogP) is 2.86. The minimum atomic E-state index is -0.699. The highest BCUT2D eigenvalue weighted by molar-refractivity contribution is 5.85. The third-order valence-corrected chi connectivity index (χ3v) is 4.52. The Balaban J connectivity index is 2.08. The molecule has 2 rings (SSSR count). The Bertz CT molecular complexity index is 320. The molecule has 0 heterocycles. The average molecular weight is 234 g/mol. The molecule has 0 radical (unpaired) electrons. The Morgan fingerprint density at radius 1 is 1.18 bits per heavy atom. The van der Waals surface area contributed by atoms with E-state index in [2.05, 4.69) is 6.07 Å². The maximum Gasteiger partial charge on any atom is 0.243 e. The number of hydrogen-bond donors (Lipinski definition) is 0. The molecule has 0 unspecified atom stereocenters. The summed E-state index contributed by atoms with van der Waals surface area (Å²) in [6, 6.07) is 2.71. The van der Waals surface area contributed by atoms with Crippen LogP contribution in [0.25, 0.3) is 0 Å². The number of nitriles is 1. The molecule has 3 nitrogen and oxygen atoms in total. The van der Waals surface area contributed by atoms with Crippen molar-refractivity contribution in [2.75, 3.05) is 7.05 Å². The van der Waals surface area contributed by atoms with Crippen LogP contribution in [0, 0.1) is 16.7 Å². The molecule has 2 fully saturated rings. The van der Waals surface area contributed by atoms with Gasteiger partial charge in [0, 0.05) is 13.1 Å². The zero-order valence-electron chi connectivity index (χ0n) is 10.7. The van der Waals surface area contributed by atoms with Crippen molar-refractivity contribution in [3.63, 3.8) is 0 Å². The van der Waals surface area contributed by atoms with Gasteiger partial charge in [-0.25, -0.2) is 0 Å². The van der Waals surface area contributed by atoms with Crippen LogP contribution >= 0.6 is 0 Å². The third-order valence-electron chi connectivity index (χ3n) is 4.52. The molecule has 2 saturated carbocycles. The number of carbonyl (C=O) groups excluding carboxylic acids is 1. The minimum Gasteiger partial charge on any atom is -0.341 e. The zero-order valence-corrected chi connectivity index (χ0v) is 10.7. The molecule has 0 N–H and O–H groups in total. The van der Waals surface area contributed by atoms with Crippen LogP contribution in [-0.4, -0.2) is 23.9 Å². The lowest BCUT2D eigenvalue weighted by Gasteiger charge is -2.35. The first kappa shape index (κ1) is 12.4. The quantitative estimate of drug-likeness (QED) is 0.737. The van der Waals surface area contributed by atoms with Crippen molar-refractivity contribution >= 4 is 5.91 Å². The van der Waals surface area contributed by atoms with E-state index in [1.54, 1.807) is 0 Å². The van der Waals surface area contributed by atoms with E-state index in [9.17, 15) is 10.1 Å². The fraction of sp³-hybridized carbons (Fsp3) is 0.857. The Morgan fingerprint density at radius 2 is 1.76 bits per heavy atom. The van der Waals surface area contributed by atoms with Crippen LogP contribution < -0.4 is 0 Å². The molecular formula is C14H22N2O. The second-order valence-electron chi connectivity index (χ2n) is 5.61. The van der Waals surface area contributed by atoms with E-state index in [0.717, 1.165) is 38.5 Å². The SMILES string of the molecule is CN(C(=O)C1(C#N)CCCCC1)C1CCCC1. The molecular weight excluding hydrogens is 212 g/mol. The number of nitrogens with zero attached hydrogens (tertiary/aromatic N) is 2. The van der Waals surface area contributed by atoms with Crippen molar-refractivity contribution < 1.29 is 4.79 Å². The van der Waals surface area contributed by atoms with E-state index >= 15 is 0 Å². The van der Waals surface area contributed by atoms with Gasteiger partial charge in [-0.15, -0.1) is 0 Å². The van der Waals surface area contributed by atoms with E-state index in [1.165, 1.54) is 19.3 Å². The standard InChI is InChI=1S/C14H22N2O/c1-16(12-7-3-4-8-12)13(17)14(11-15)9-5-2-6-10-14/h12H,2-10H2,1H3. The van der Waals surface area contributed by atoms with Gasteiger partial charge in [0.1, 0.15) is 5.41 Å². The molecule has 0 bridgehead atoms. The monoisotopic (exact) mass is 234 g/mol. The van der Waals surface area contributed by atoms with Gasteiger partial charge in [0.05, 0.1) is 6.07 Å². The van der Waals surface area contributed by atoms with Crippen molar-refractivity contribution in [3.05, 3.63) is 0 Å². The summed E-state index contributed by atoms with van der Waals surface area (Å²) in [6.07, 6.45) is 9.43. The number of carbonyl (C=O) groups is 1. The number of amides is 1. The van der Waals surface area contributed by atoms with Crippen LogP contribution in [0.3, 0.4) is 0 Å². The molecule has 3 heteroatoms. The predicted molar refractivity (Wildman–Crippen MR) is 66.2 cm³/mol. The van der Waals surface area contributed by atoms with Crippen molar-refractivity contribution in [2.45, 2.75) is 63.8 Å². The second-order valence-corrected chi connectivity index (χ2v) is 5.61. The molecule has 1 amide bonds. The Hall–Kier alpha value is -1.04. The van der Waals surface area contributed by atoms with Gasteiger partial charge in [-0.1, -0.05) is 32.1 Å². The van der Waals surface area contributed by atoms with Gasteiger partial charge < -0.3 is 4.90 Å². The Labute approximate surface area is 104 Å². The van der Waals surface area contributed by atoms with E-state index < -0.39 is 5.41 Å². The summed E-state index contributed by atoms with van der Waals surface area (Å²) >= 11 is 0. The van der Waals surface area contributed by atoms with Gasteiger partial charge in [-0.2, -0.15) is 5.26 Å². The molecule has 0 saturated heterocycles. The maximum atomic E-state index is 12.5. The number of hydrogen-bond acceptors (Lipinski definition) is 2. The van der Waals surface area contributed by atoms with Gasteiger partial charge in [0.15, 0.2) is 0 Å². The van der Waals surface area contributed by atoms with Crippen molar-refractivity contribution in [1.82, 2.24) is 4.90 Å². The molecule has 2 aliphatic rings. The maximum absolute atomic E-state index is 12.5. The Kier molecular flexibility index (Phi) is 3.71. The van der Waals surface area contributed by atoms with E-state index in [4.69, 9.17) is 0 Å². The Morgan fingerprint density at radius 3 is 2.29 bits per heavy atom. The average Bonchev–Trinajstić information content (AvgIpc) is 2.91. The fourth-order valence-corrected chi connectivity index (χ4v) is 3.32. The molecule has 0 atom stereocenters. The molecule has 2 aliphatic carbocycles. The topological polar surface area (TPSA) is 44.1 Å². The van der Waals surface area contributed by atoms with Gasteiger partial charge in [-0.3, -0.25) is 4.79 Å². The van der Waals surface area contributed by atoms with Gasteiger partial charge in [0.25, 0.3) is 0 Å².